The summed E-state index contributed by atoms with van der Waals surface area (Å²) < 4.78 is 5.75. The monoisotopic (exact) mass is 428 g/mol. The summed E-state index contributed by atoms with van der Waals surface area (Å²) in [4.78, 5) is 39.6. The molecular formula is C25H24N4O3. The van der Waals surface area contributed by atoms with Gasteiger partial charge in [0.25, 0.3) is 5.56 Å². The molecule has 3 aromatic heterocycles. The minimum atomic E-state index is -0.140. The van der Waals surface area contributed by atoms with Gasteiger partial charge in [0.2, 0.25) is 0 Å². The first-order chi connectivity index (χ1) is 15.5. The van der Waals surface area contributed by atoms with E-state index < -0.39 is 0 Å². The van der Waals surface area contributed by atoms with E-state index in [-0.39, 0.29) is 11.0 Å². The van der Waals surface area contributed by atoms with Gasteiger partial charge in [-0.25, -0.2) is 4.98 Å². The molecule has 5 rings (SSSR count). The summed E-state index contributed by atoms with van der Waals surface area (Å²) in [7, 11) is 0. The molecule has 0 fully saturated rings. The van der Waals surface area contributed by atoms with E-state index in [0.29, 0.717) is 59.9 Å². The molecule has 0 bridgehead atoms. The molecule has 7 heteroatoms. The van der Waals surface area contributed by atoms with Crippen LogP contribution in [0.25, 0.3) is 22.4 Å². The number of aromatic amines is 1. The molecule has 4 aromatic rings. The highest BCUT2D eigenvalue weighted by Crippen LogP contribution is 2.22. The SMILES string of the molecule is CC(C)c1ccc2occ(CN3CCc4nc(-c5ccncc5)[nH]c(=O)c4C3)c(=O)c2c1. The van der Waals surface area contributed by atoms with Crippen LogP contribution in [0.3, 0.4) is 0 Å². The number of nitrogens with one attached hydrogen (secondary N) is 1. The van der Waals surface area contributed by atoms with Gasteiger partial charge in [-0.05, 0) is 35.7 Å². The van der Waals surface area contributed by atoms with Gasteiger partial charge in [-0.15, -0.1) is 0 Å². The van der Waals surface area contributed by atoms with Crippen LogP contribution in [0, 0.1) is 0 Å². The Morgan fingerprint density at radius 1 is 1.16 bits per heavy atom. The second-order valence-corrected chi connectivity index (χ2v) is 8.54. The molecule has 1 N–H and O–H groups in total. The van der Waals surface area contributed by atoms with Gasteiger partial charge in [0.1, 0.15) is 11.4 Å². The third-order valence-electron chi connectivity index (χ3n) is 6.03. The number of aromatic nitrogens is 3. The highest BCUT2D eigenvalue weighted by Gasteiger charge is 2.23. The van der Waals surface area contributed by atoms with Crippen molar-refractivity contribution in [2.24, 2.45) is 0 Å². The van der Waals surface area contributed by atoms with E-state index in [1.807, 2.05) is 30.3 Å². The topological polar surface area (TPSA) is 92.1 Å². The summed E-state index contributed by atoms with van der Waals surface area (Å²) in [5.41, 5.74) is 4.44. The van der Waals surface area contributed by atoms with Crippen LogP contribution in [0.1, 0.15) is 42.1 Å². The van der Waals surface area contributed by atoms with Gasteiger partial charge in [0.05, 0.1) is 22.9 Å². The van der Waals surface area contributed by atoms with Crippen molar-refractivity contribution in [1.29, 1.82) is 0 Å². The summed E-state index contributed by atoms with van der Waals surface area (Å²) in [5, 5.41) is 0.604. The Morgan fingerprint density at radius 2 is 1.97 bits per heavy atom. The molecule has 0 spiro atoms. The number of benzene rings is 1. The van der Waals surface area contributed by atoms with Crippen LogP contribution in [-0.2, 0) is 19.5 Å². The first-order valence-corrected chi connectivity index (χ1v) is 10.8. The average Bonchev–Trinajstić information content (AvgIpc) is 2.81. The zero-order valence-electron chi connectivity index (χ0n) is 18.1. The summed E-state index contributed by atoms with van der Waals surface area (Å²) in [5.74, 6) is 0.887. The zero-order chi connectivity index (χ0) is 22.2. The molecule has 32 heavy (non-hydrogen) atoms. The fourth-order valence-electron chi connectivity index (χ4n) is 4.16. The average molecular weight is 428 g/mol. The number of hydrogen-bond donors (Lipinski definition) is 1. The Hall–Kier alpha value is -3.58. The summed E-state index contributed by atoms with van der Waals surface area (Å²) in [6, 6.07) is 9.43. The predicted molar refractivity (Wildman–Crippen MR) is 122 cm³/mol. The molecule has 1 aliphatic rings. The number of nitrogens with zero attached hydrogens (tertiary/aromatic N) is 3. The second-order valence-electron chi connectivity index (χ2n) is 8.54. The van der Waals surface area contributed by atoms with E-state index in [1.54, 1.807) is 18.7 Å². The molecule has 162 valence electrons. The van der Waals surface area contributed by atoms with Crippen molar-refractivity contribution in [2.45, 2.75) is 39.3 Å². The minimum absolute atomic E-state index is 0.0142. The highest BCUT2D eigenvalue weighted by molar-refractivity contribution is 5.77. The lowest BCUT2D eigenvalue weighted by atomic mass is 10.0. The van der Waals surface area contributed by atoms with E-state index in [0.717, 1.165) is 16.8 Å². The van der Waals surface area contributed by atoms with E-state index in [1.165, 1.54) is 0 Å². The Balaban J connectivity index is 1.42. The molecule has 0 atom stereocenters. The lowest BCUT2D eigenvalue weighted by Crippen LogP contribution is -2.36. The molecular weight excluding hydrogens is 404 g/mol. The van der Waals surface area contributed by atoms with Crippen molar-refractivity contribution in [2.75, 3.05) is 6.54 Å². The van der Waals surface area contributed by atoms with E-state index in [4.69, 9.17) is 4.42 Å². The molecule has 1 aliphatic heterocycles. The Morgan fingerprint density at radius 3 is 2.75 bits per heavy atom. The minimum Gasteiger partial charge on any atom is -0.464 e. The number of fused-ring (bicyclic) bond motifs is 2. The van der Waals surface area contributed by atoms with Crippen LogP contribution in [0.5, 0.6) is 0 Å². The quantitative estimate of drug-likeness (QED) is 0.534. The molecule has 0 unspecified atom stereocenters. The van der Waals surface area contributed by atoms with Crippen molar-refractivity contribution in [1.82, 2.24) is 19.9 Å². The summed E-state index contributed by atoms with van der Waals surface area (Å²) in [6.45, 7) is 5.78. The summed E-state index contributed by atoms with van der Waals surface area (Å²) >= 11 is 0. The van der Waals surface area contributed by atoms with Crippen molar-refractivity contribution >= 4 is 11.0 Å². The molecule has 0 amide bonds. The third-order valence-corrected chi connectivity index (χ3v) is 6.03. The molecule has 7 nitrogen and oxygen atoms in total. The maximum atomic E-state index is 13.1. The van der Waals surface area contributed by atoms with Gasteiger partial charge in [-0.1, -0.05) is 19.9 Å². The smallest absolute Gasteiger partial charge is 0.255 e. The Labute approximate surface area is 184 Å². The lowest BCUT2D eigenvalue weighted by molar-refractivity contribution is 0.239. The third kappa shape index (κ3) is 3.76. The molecule has 0 saturated carbocycles. The van der Waals surface area contributed by atoms with Gasteiger partial charge >= 0.3 is 0 Å². The maximum absolute atomic E-state index is 13.1. The number of hydrogen-bond acceptors (Lipinski definition) is 6. The molecule has 4 heterocycles. The Bertz CT molecular complexity index is 1410. The van der Waals surface area contributed by atoms with E-state index >= 15 is 0 Å². The Kier molecular flexibility index (Phi) is 5.19. The largest absolute Gasteiger partial charge is 0.464 e. The first-order valence-electron chi connectivity index (χ1n) is 10.8. The van der Waals surface area contributed by atoms with Crippen LogP contribution >= 0.6 is 0 Å². The number of H-pyrrole nitrogens is 1. The van der Waals surface area contributed by atoms with Crippen molar-refractivity contribution < 1.29 is 4.42 Å². The maximum Gasteiger partial charge on any atom is 0.255 e. The van der Waals surface area contributed by atoms with Crippen molar-refractivity contribution in [3.8, 4) is 11.4 Å². The molecule has 1 aromatic carbocycles. The zero-order valence-corrected chi connectivity index (χ0v) is 18.1. The highest BCUT2D eigenvalue weighted by atomic mass is 16.3. The normalized spacial score (nSPS) is 14.1. The van der Waals surface area contributed by atoms with Crippen LogP contribution in [0.2, 0.25) is 0 Å². The van der Waals surface area contributed by atoms with Crippen molar-refractivity contribution in [3.05, 3.63) is 92.0 Å². The standard InChI is InChI=1S/C25H24N4O3/c1-15(2)17-3-4-22-19(11-17)23(30)18(14-32-22)12-29-10-7-21-20(13-29)25(31)28-24(27-21)16-5-8-26-9-6-16/h3-6,8-9,11,14-15H,7,10,12-13H2,1-2H3,(H,27,28,31). The van der Waals surface area contributed by atoms with Gasteiger partial charge in [-0.3, -0.25) is 19.5 Å². The molecule has 0 saturated heterocycles. The van der Waals surface area contributed by atoms with Crippen LogP contribution in [0.15, 0.2) is 63.0 Å². The van der Waals surface area contributed by atoms with E-state index in [9.17, 15) is 9.59 Å². The van der Waals surface area contributed by atoms with Gasteiger partial charge in [0.15, 0.2) is 5.43 Å². The fraction of sp³-hybridized carbons (Fsp3) is 0.280. The molecule has 0 radical (unpaired) electrons. The van der Waals surface area contributed by atoms with Gasteiger partial charge in [0, 0.05) is 49.6 Å². The first kappa shape index (κ1) is 20.3. The number of pyridine rings is 1. The number of rotatable bonds is 4. The summed E-state index contributed by atoms with van der Waals surface area (Å²) in [6.07, 6.45) is 5.55. The second kappa shape index (κ2) is 8.16. The van der Waals surface area contributed by atoms with E-state index in [2.05, 4.69) is 33.7 Å². The molecule has 0 aliphatic carbocycles. The van der Waals surface area contributed by atoms with Gasteiger partial charge in [-0.2, -0.15) is 0 Å². The lowest BCUT2D eigenvalue weighted by Gasteiger charge is -2.27. The van der Waals surface area contributed by atoms with Crippen LogP contribution in [0.4, 0.5) is 0 Å². The van der Waals surface area contributed by atoms with Crippen LogP contribution < -0.4 is 11.0 Å². The van der Waals surface area contributed by atoms with Gasteiger partial charge < -0.3 is 9.40 Å². The van der Waals surface area contributed by atoms with Crippen molar-refractivity contribution in [3.63, 3.8) is 0 Å². The predicted octanol–water partition coefficient (Wildman–Crippen LogP) is 3.62. The van der Waals surface area contributed by atoms with Crippen LogP contribution in [-0.4, -0.2) is 26.4 Å². The fourth-order valence-corrected chi connectivity index (χ4v) is 4.16.